The predicted molar refractivity (Wildman–Crippen MR) is 58.5 cm³/mol. The minimum absolute atomic E-state index is 0.150. The standard InChI is InChI=1S/C11H18N2O2/c1-4-5-13(6-7-14)8-11-9(2)12-15-10(11)3/h4,14H,1,5-8H2,2-3H3. The molecule has 4 heteroatoms. The average molecular weight is 210 g/mol. The van der Waals surface area contributed by atoms with Crippen LogP contribution in [0.2, 0.25) is 0 Å². The van der Waals surface area contributed by atoms with Gasteiger partial charge in [0.15, 0.2) is 0 Å². The van der Waals surface area contributed by atoms with Crippen LogP contribution in [0.1, 0.15) is 17.0 Å². The van der Waals surface area contributed by atoms with Gasteiger partial charge < -0.3 is 9.63 Å². The molecule has 1 aromatic heterocycles. The molecule has 0 bridgehead atoms. The van der Waals surface area contributed by atoms with E-state index in [1.54, 1.807) is 0 Å². The number of hydrogen-bond donors (Lipinski definition) is 1. The Bertz CT molecular complexity index is 301. The number of aliphatic hydroxyl groups excluding tert-OH is 1. The van der Waals surface area contributed by atoms with Gasteiger partial charge in [-0.3, -0.25) is 4.90 Å². The van der Waals surface area contributed by atoms with Crippen molar-refractivity contribution in [3.63, 3.8) is 0 Å². The SMILES string of the molecule is C=CCN(CCO)Cc1c(C)noc1C. The van der Waals surface area contributed by atoms with Crippen LogP contribution in [0.5, 0.6) is 0 Å². The second kappa shape index (κ2) is 5.68. The van der Waals surface area contributed by atoms with E-state index in [0.717, 1.165) is 30.1 Å². The summed E-state index contributed by atoms with van der Waals surface area (Å²) in [4.78, 5) is 2.10. The lowest BCUT2D eigenvalue weighted by Gasteiger charge is -2.18. The van der Waals surface area contributed by atoms with E-state index in [2.05, 4.69) is 16.6 Å². The summed E-state index contributed by atoms with van der Waals surface area (Å²) in [7, 11) is 0. The average Bonchev–Trinajstić information content (AvgIpc) is 2.50. The monoisotopic (exact) mass is 210 g/mol. The van der Waals surface area contributed by atoms with Crippen molar-refractivity contribution < 1.29 is 9.63 Å². The van der Waals surface area contributed by atoms with Gasteiger partial charge in [0.1, 0.15) is 5.76 Å². The Hall–Kier alpha value is -1.13. The predicted octanol–water partition coefficient (Wildman–Crippen LogP) is 1.27. The molecular formula is C11H18N2O2. The molecule has 1 heterocycles. The quantitative estimate of drug-likeness (QED) is 0.718. The molecule has 0 atom stereocenters. The molecule has 0 saturated carbocycles. The fourth-order valence-electron chi connectivity index (χ4n) is 1.51. The summed E-state index contributed by atoms with van der Waals surface area (Å²) in [6, 6.07) is 0. The molecule has 0 radical (unpaired) electrons. The summed E-state index contributed by atoms with van der Waals surface area (Å²) in [5.41, 5.74) is 2.02. The summed E-state index contributed by atoms with van der Waals surface area (Å²) in [6.45, 7) is 9.81. The van der Waals surface area contributed by atoms with E-state index in [4.69, 9.17) is 9.63 Å². The highest BCUT2D eigenvalue weighted by Crippen LogP contribution is 2.14. The summed E-state index contributed by atoms with van der Waals surface area (Å²) >= 11 is 0. The third-order valence-electron chi connectivity index (χ3n) is 2.37. The third kappa shape index (κ3) is 3.18. The molecule has 0 aliphatic heterocycles. The van der Waals surface area contributed by atoms with Gasteiger partial charge >= 0.3 is 0 Å². The molecule has 0 fully saturated rings. The molecule has 4 nitrogen and oxygen atoms in total. The van der Waals surface area contributed by atoms with Gasteiger partial charge in [-0.1, -0.05) is 11.2 Å². The van der Waals surface area contributed by atoms with Crippen LogP contribution >= 0.6 is 0 Å². The first kappa shape index (κ1) is 11.9. The zero-order chi connectivity index (χ0) is 11.3. The molecule has 0 aliphatic rings. The first-order valence-corrected chi connectivity index (χ1v) is 5.05. The number of rotatable bonds is 6. The van der Waals surface area contributed by atoms with Crippen molar-refractivity contribution in [2.75, 3.05) is 19.7 Å². The molecule has 1 rings (SSSR count). The van der Waals surface area contributed by atoms with Crippen LogP contribution in [0.25, 0.3) is 0 Å². The largest absolute Gasteiger partial charge is 0.395 e. The Balaban J connectivity index is 2.68. The molecule has 0 aromatic carbocycles. The van der Waals surface area contributed by atoms with Gasteiger partial charge in [0.05, 0.1) is 12.3 Å². The number of nitrogens with zero attached hydrogens (tertiary/aromatic N) is 2. The van der Waals surface area contributed by atoms with Crippen molar-refractivity contribution in [3.05, 3.63) is 29.7 Å². The van der Waals surface area contributed by atoms with Gasteiger partial charge in [0.25, 0.3) is 0 Å². The molecule has 0 saturated heterocycles. The van der Waals surface area contributed by atoms with E-state index < -0.39 is 0 Å². The zero-order valence-electron chi connectivity index (χ0n) is 9.36. The second-order valence-electron chi connectivity index (χ2n) is 3.55. The fourth-order valence-corrected chi connectivity index (χ4v) is 1.51. The van der Waals surface area contributed by atoms with E-state index in [0.29, 0.717) is 6.54 Å². The molecule has 0 aliphatic carbocycles. The minimum Gasteiger partial charge on any atom is -0.395 e. The van der Waals surface area contributed by atoms with Gasteiger partial charge in [-0.15, -0.1) is 6.58 Å². The van der Waals surface area contributed by atoms with E-state index in [9.17, 15) is 0 Å². The van der Waals surface area contributed by atoms with Gasteiger partial charge in [-0.2, -0.15) is 0 Å². The topological polar surface area (TPSA) is 49.5 Å². The van der Waals surface area contributed by atoms with E-state index in [-0.39, 0.29) is 6.61 Å². The summed E-state index contributed by atoms with van der Waals surface area (Å²) in [6.07, 6.45) is 1.83. The highest BCUT2D eigenvalue weighted by Gasteiger charge is 2.12. The molecule has 15 heavy (non-hydrogen) atoms. The Kier molecular flexibility index (Phi) is 4.52. The number of aryl methyl sites for hydroxylation is 2. The van der Waals surface area contributed by atoms with Crippen LogP contribution in [0.15, 0.2) is 17.2 Å². The van der Waals surface area contributed by atoms with E-state index in [1.807, 2.05) is 19.9 Å². The lowest BCUT2D eigenvalue weighted by Crippen LogP contribution is -2.27. The van der Waals surface area contributed by atoms with Crippen molar-refractivity contribution >= 4 is 0 Å². The van der Waals surface area contributed by atoms with Crippen LogP contribution in [-0.4, -0.2) is 34.9 Å². The number of aromatic nitrogens is 1. The molecular weight excluding hydrogens is 192 g/mol. The minimum atomic E-state index is 0.150. The normalized spacial score (nSPS) is 10.9. The molecule has 1 aromatic rings. The smallest absolute Gasteiger partial charge is 0.138 e. The first-order chi connectivity index (χ1) is 7.19. The Morgan fingerprint density at radius 1 is 1.53 bits per heavy atom. The number of hydrogen-bond acceptors (Lipinski definition) is 4. The lowest BCUT2D eigenvalue weighted by molar-refractivity contribution is 0.202. The van der Waals surface area contributed by atoms with Crippen molar-refractivity contribution in [1.82, 2.24) is 10.1 Å². The summed E-state index contributed by atoms with van der Waals surface area (Å²) in [5.74, 6) is 0.847. The molecule has 0 unspecified atom stereocenters. The summed E-state index contributed by atoms with van der Waals surface area (Å²) < 4.78 is 5.09. The Labute approximate surface area is 90.2 Å². The van der Waals surface area contributed by atoms with E-state index in [1.165, 1.54) is 0 Å². The molecule has 84 valence electrons. The van der Waals surface area contributed by atoms with Crippen molar-refractivity contribution in [2.45, 2.75) is 20.4 Å². The third-order valence-corrected chi connectivity index (χ3v) is 2.37. The zero-order valence-corrected chi connectivity index (χ0v) is 9.36. The highest BCUT2D eigenvalue weighted by atomic mass is 16.5. The van der Waals surface area contributed by atoms with Crippen molar-refractivity contribution in [1.29, 1.82) is 0 Å². The Morgan fingerprint density at radius 3 is 2.73 bits per heavy atom. The maximum Gasteiger partial charge on any atom is 0.138 e. The van der Waals surface area contributed by atoms with Gasteiger partial charge in [0, 0.05) is 25.2 Å². The van der Waals surface area contributed by atoms with Crippen LogP contribution in [0.3, 0.4) is 0 Å². The van der Waals surface area contributed by atoms with Gasteiger partial charge in [-0.25, -0.2) is 0 Å². The molecule has 1 N–H and O–H groups in total. The van der Waals surface area contributed by atoms with Crippen molar-refractivity contribution in [2.24, 2.45) is 0 Å². The second-order valence-corrected chi connectivity index (χ2v) is 3.55. The van der Waals surface area contributed by atoms with Gasteiger partial charge in [-0.05, 0) is 13.8 Å². The fraction of sp³-hybridized carbons (Fsp3) is 0.545. The maximum absolute atomic E-state index is 8.92. The van der Waals surface area contributed by atoms with Crippen LogP contribution < -0.4 is 0 Å². The van der Waals surface area contributed by atoms with E-state index >= 15 is 0 Å². The highest BCUT2D eigenvalue weighted by molar-refractivity contribution is 5.20. The first-order valence-electron chi connectivity index (χ1n) is 5.05. The molecule has 0 amide bonds. The Morgan fingerprint density at radius 2 is 2.27 bits per heavy atom. The number of aliphatic hydroxyl groups is 1. The maximum atomic E-state index is 8.92. The summed E-state index contributed by atoms with van der Waals surface area (Å²) in [5, 5.41) is 12.8. The van der Waals surface area contributed by atoms with Crippen LogP contribution in [0.4, 0.5) is 0 Å². The van der Waals surface area contributed by atoms with Crippen LogP contribution in [0, 0.1) is 13.8 Å². The van der Waals surface area contributed by atoms with Crippen LogP contribution in [-0.2, 0) is 6.54 Å². The molecule has 0 spiro atoms. The lowest BCUT2D eigenvalue weighted by atomic mass is 10.2. The van der Waals surface area contributed by atoms with Crippen molar-refractivity contribution in [3.8, 4) is 0 Å². The van der Waals surface area contributed by atoms with Gasteiger partial charge in [0.2, 0.25) is 0 Å².